The van der Waals surface area contributed by atoms with Gasteiger partial charge < -0.3 is 4.90 Å². The number of likely N-dealkylation sites (tertiary alicyclic amines) is 1. The first-order valence-corrected chi connectivity index (χ1v) is 10.1. The molecule has 1 aromatic rings. The summed E-state index contributed by atoms with van der Waals surface area (Å²) in [4.78, 5) is 13.7. The highest BCUT2D eigenvalue weighted by Gasteiger charge is 2.57. The quantitative estimate of drug-likeness (QED) is 0.897. The van der Waals surface area contributed by atoms with Crippen LogP contribution in [0.4, 0.5) is 9.93 Å². The van der Waals surface area contributed by atoms with E-state index in [0.717, 1.165) is 17.8 Å². The molecule has 3 heterocycles. The van der Waals surface area contributed by atoms with Crippen LogP contribution in [0.3, 0.4) is 0 Å². The van der Waals surface area contributed by atoms with E-state index in [4.69, 9.17) is 0 Å². The molecule has 122 valence electrons. The van der Waals surface area contributed by atoms with Crippen LogP contribution in [0.25, 0.3) is 0 Å². The molecule has 0 aromatic carbocycles. The zero-order valence-corrected chi connectivity index (χ0v) is 14.3. The number of rotatable bonds is 4. The van der Waals surface area contributed by atoms with Gasteiger partial charge in [0.05, 0.1) is 11.5 Å². The second-order valence-corrected chi connectivity index (χ2v) is 9.35. The van der Waals surface area contributed by atoms with Crippen LogP contribution in [0, 0.1) is 5.41 Å². The minimum atomic E-state index is -2.85. The van der Waals surface area contributed by atoms with Gasteiger partial charge in [-0.15, -0.1) is 10.2 Å². The minimum absolute atomic E-state index is 0.183. The van der Waals surface area contributed by atoms with Crippen molar-refractivity contribution < 1.29 is 13.2 Å². The van der Waals surface area contributed by atoms with E-state index >= 15 is 0 Å². The number of carbonyl (C=O) groups is 1. The molecule has 0 aliphatic carbocycles. The number of nitrogens with zero attached hydrogens (tertiary/aromatic N) is 3. The topological polar surface area (TPSA) is 92.3 Å². The third kappa shape index (κ3) is 2.83. The molecular weight excluding hydrogens is 324 g/mol. The van der Waals surface area contributed by atoms with Crippen molar-refractivity contribution in [2.75, 3.05) is 29.9 Å². The van der Waals surface area contributed by atoms with Gasteiger partial charge in [-0.25, -0.2) is 13.2 Å². The van der Waals surface area contributed by atoms with Crippen LogP contribution in [-0.2, 0) is 9.84 Å². The summed E-state index contributed by atoms with van der Waals surface area (Å²) in [6.45, 7) is 5.24. The van der Waals surface area contributed by atoms with Crippen molar-refractivity contribution in [3.63, 3.8) is 0 Å². The fourth-order valence-electron chi connectivity index (χ4n) is 3.24. The average molecular weight is 344 g/mol. The van der Waals surface area contributed by atoms with E-state index in [-0.39, 0.29) is 23.0 Å². The summed E-state index contributed by atoms with van der Waals surface area (Å²) >= 11 is 1.41. The van der Waals surface area contributed by atoms with Gasteiger partial charge in [-0.1, -0.05) is 25.2 Å². The summed E-state index contributed by atoms with van der Waals surface area (Å²) in [6, 6.07) is -0.220. The van der Waals surface area contributed by atoms with Crippen molar-refractivity contribution in [1.82, 2.24) is 15.1 Å². The molecule has 0 bridgehead atoms. The molecule has 0 saturated carbocycles. The summed E-state index contributed by atoms with van der Waals surface area (Å²) in [5.74, 6) is 0.804. The number of amides is 2. The van der Waals surface area contributed by atoms with Crippen LogP contribution in [0.1, 0.15) is 37.6 Å². The highest BCUT2D eigenvalue weighted by molar-refractivity contribution is 7.92. The van der Waals surface area contributed by atoms with Gasteiger partial charge in [0.1, 0.15) is 5.01 Å². The largest absolute Gasteiger partial charge is 0.323 e. The van der Waals surface area contributed by atoms with E-state index < -0.39 is 9.84 Å². The van der Waals surface area contributed by atoms with E-state index in [1.54, 1.807) is 4.90 Å². The third-order valence-electron chi connectivity index (χ3n) is 4.38. The Hall–Kier alpha value is -1.22. The Bertz CT molecular complexity index is 661. The highest BCUT2D eigenvalue weighted by atomic mass is 32.2. The van der Waals surface area contributed by atoms with Crippen molar-refractivity contribution in [2.24, 2.45) is 5.41 Å². The Balaban J connectivity index is 1.53. The van der Waals surface area contributed by atoms with Crippen molar-refractivity contribution in [1.29, 1.82) is 0 Å². The number of urea groups is 1. The molecule has 2 fully saturated rings. The van der Waals surface area contributed by atoms with Gasteiger partial charge in [-0.2, -0.15) is 0 Å². The maximum absolute atomic E-state index is 12.1. The normalized spacial score (nSPS) is 21.5. The molecule has 1 N–H and O–H groups in total. The first-order chi connectivity index (χ1) is 10.4. The second kappa shape index (κ2) is 5.45. The Morgan fingerprint density at radius 2 is 1.95 bits per heavy atom. The summed E-state index contributed by atoms with van der Waals surface area (Å²) in [5.41, 5.74) is -0.183. The lowest BCUT2D eigenvalue weighted by molar-refractivity contribution is 0.0618. The molecule has 7 nitrogen and oxygen atoms in total. The van der Waals surface area contributed by atoms with Crippen molar-refractivity contribution in [3.8, 4) is 0 Å². The van der Waals surface area contributed by atoms with Gasteiger partial charge >= 0.3 is 6.03 Å². The van der Waals surface area contributed by atoms with Gasteiger partial charge in [0.15, 0.2) is 9.84 Å². The van der Waals surface area contributed by atoms with E-state index in [0.29, 0.717) is 24.1 Å². The molecular formula is C13H20N4O3S2. The number of hydrogen-bond acceptors (Lipinski definition) is 6. The zero-order valence-electron chi connectivity index (χ0n) is 12.7. The van der Waals surface area contributed by atoms with Crippen LogP contribution in [0.5, 0.6) is 0 Å². The van der Waals surface area contributed by atoms with Crippen molar-refractivity contribution >= 4 is 32.3 Å². The van der Waals surface area contributed by atoms with Gasteiger partial charge in [0.25, 0.3) is 0 Å². The standard InChI is InChI=1S/C13H20N4O3S2/c1-3-9(4-2)10-15-16-11(21-10)14-12(18)17-5-13(6-17)7-22(19,20)8-13/h9H,3-8H2,1-2H3,(H,14,16,18). The van der Waals surface area contributed by atoms with Crippen LogP contribution < -0.4 is 5.32 Å². The average Bonchev–Trinajstić information content (AvgIpc) is 2.82. The molecule has 2 aliphatic heterocycles. The molecule has 1 spiro atoms. The van der Waals surface area contributed by atoms with Gasteiger partial charge in [-0.05, 0) is 12.8 Å². The Morgan fingerprint density at radius 3 is 2.50 bits per heavy atom. The minimum Gasteiger partial charge on any atom is -0.323 e. The lowest BCUT2D eigenvalue weighted by atomic mass is 9.83. The SMILES string of the molecule is CCC(CC)c1nnc(NC(=O)N2CC3(C2)CS(=O)(=O)C3)s1. The first-order valence-electron chi connectivity index (χ1n) is 7.46. The third-order valence-corrected chi connectivity index (χ3v) is 7.49. The Labute approximate surface area is 134 Å². The summed E-state index contributed by atoms with van der Waals surface area (Å²) < 4.78 is 22.5. The molecule has 0 radical (unpaired) electrons. The molecule has 3 rings (SSSR count). The number of hydrogen-bond donors (Lipinski definition) is 1. The van der Waals surface area contributed by atoms with E-state index in [1.165, 1.54) is 11.3 Å². The van der Waals surface area contributed by atoms with Gasteiger partial charge in [0.2, 0.25) is 5.13 Å². The Kier molecular flexibility index (Phi) is 3.88. The van der Waals surface area contributed by atoms with Crippen LogP contribution in [0.2, 0.25) is 0 Å². The highest BCUT2D eigenvalue weighted by Crippen LogP contribution is 2.41. The fraction of sp³-hybridized carbons (Fsp3) is 0.769. The molecule has 2 aliphatic rings. The van der Waals surface area contributed by atoms with E-state index in [1.807, 2.05) is 0 Å². The van der Waals surface area contributed by atoms with Crippen molar-refractivity contribution in [2.45, 2.75) is 32.6 Å². The number of carbonyl (C=O) groups excluding carboxylic acids is 1. The number of aromatic nitrogens is 2. The van der Waals surface area contributed by atoms with Crippen molar-refractivity contribution in [3.05, 3.63) is 5.01 Å². The smallest absolute Gasteiger partial charge is 0.323 e. The van der Waals surface area contributed by atoms with E-state index in [9.17, 15) is 13.2 Å². The maximum atomic E-state index is 12.1. The molecule has 22 heavy (non-hydrogen) atoms. The summed E-state index contributed by atoms with van der Waals surface area (Å²) in [5, 5.41) is 12.4. The molecule has 0 atom stereocenters. The summed E-state index contributed by atoms with van der Waals surface area (Å²) in [6.07, 6.45) is 2.00. The number of anilines is 1. The monoisotopic (exact) mass is 344 g/mol. The van der Waals surface area contributed by atoms with E-state index in [2.05, 4.69) is 29.4 Å². The fourth-order valence-corrected chi connectivity index (χ4v) is 6.39. The predicted molar refractivity (Wildman–Crippen MR) is 84.9 cm³/mol. The molecule has 1 aromatic heterocycles. The predicted octanol–water partition coefficient (Wildman–Crippen LogP) is 1.70. The second-order valence-electron chi connectivity index (χ2n) is 6.28. The number of nitrogens with one attached hydrogen (secondary N) is 1. The zero-order chi connectivity index (χ0) is 16.0. The number of sulfone groups is 1. The molecule has 0 unspecified atom stereocenters. The molecule has 9 heteroatoms. The lowest BCUT2D eigenvalue weighted by Gasteiger charge is -2.54. The van der Waals surface area contributed by atoms with Crippen LogP contribution in [-0.4, -0.2) is 54.1 Å². The lowest BCUT2D eigenvalue weighted by Crippen LogP contribution is -2.69. The van der Waals surface area contributed by atoms with Crippen LogP contribution >= 0.6 is 11.3 Å². The molecule has 2 amide bonds. The first kappa shape index (κ1) is 15.7. The summed E-state index contributed by atoms with van der Waals surface area (Å²) in [7, 11) is -2.85. The van der Waals surface area contributed by atoms with Gasteiger partial charge in [-0.3, -0.25) is 5.32 Å². The Morgan fingerprint density at radius 1 is 1.32 bits per heavy atom. The van der Waals surface area contributed by atoms with Crippen LogP contribution in [0.15, 0.2) is 0 Å². The van der Waals surface area contributed by atoms with Gasteiger partial charge in [0, 0.05) is 24.4 Å². The molecule has 2 saturated heterocycles. The maximum Gasteiger partial charge on any atom is 0.323 e.